The van der Waals surface area contributed by atoms with Gasteiger partial charge >= 0.3 is 6.18 Å². The number of hydrogen-bond donors (Lipinski definition) is 0. The van der Waals surface area contributed by atoms with E-state index >= 15 is 0 Å². The molecule has 0 amide bonds. The minimum absolute atomic E-state index is 0.103. The van der Waals surface area contributed by atoms with Crippen LogP contribution in [0, 0.1) is 0 Å². The summed E-state index contributed by atoms with van der Waals surface area (Å²) in [5.74, 6) is -0.910. The van der Waals surface area contributed by atoms with Crippen molar-refractivity contribution in [3.8, 4) is 0 Å². The van der Waals surface area contributed by atoms with Gasteiger partial charge in [-0.1, -0.05) is 11.6 Å². The Morgan fingerprint density at radius 3 is 2.76 bits per heavy atom. The number of halogens is 4. The van der Waals surface area contributed by atoms with E-state index < -0.39 is 12.0 Å². The van der Waals surface area contributed by atoms with E-state index in [-0.39, 0.29) is 17.0 Å². The summed E-state index contributed by atoms with van der Waals surface area (Å²) >= 11 is 5.75. The van der Waals surface area contributed by atoms with Crippen molar-refractivity contribution in [2.75, 3.05) is 24.5 Å². The molecule has 8 heteroatoms. The zero-order chi connectivity index (χ0) is 15.2. The van der Waals surface area contributed by atoms with E-state index in [4.69, 9.17) is 11.6 Å². The van der Waals surface area contributed by atoms with Gasteiger partial charge in [-0.3, -0.25) is 4.90 Å². The zero-order valence-corrected chi connectivity index (χ0v) is 12.3. The smallest absolute Gasteiger partial charge is 0.351 e. The molecule has 2 aliphatic heterocycles. The summed E-state index contributed by atoms with van der Waals surface area (Å²) < 4.78 is 38.5. The van der Waals surface area contributed by atoms with Gasteiger partial charge in [-0.05, 0) is 26.3 Å². The molecule has 116 valence electrons. The Kier molecular flexibility index (Phi) is 3.73. The molecular weight excluding hydrogens is 305 g/mol. The van der Waals surface area contributed by atoms with Crippen molar-refractivity contribution in [3.63, 3.8) is 0 Å². The molecule has 0 radical (unpaired) electrons. The van der Waals surface area contributed by atoms with Crippen LogP contribution in [-0.4, -0.2) is 46.6 Å². The molecule has 1 aromatic heterocycles. The Morgan fingerprint density at radius 2 is 2.05 bits per heavy atom. The molecule has 2 atom stereocenters. The minimum atomic E-state index is -4.59. The van der Waals surface area contributed by atoms with Gasteiger partial charge in [-0.25, -0.2) is 9.97 Å². The van der Waals surface area contributed by atoms with Crippen LogP contribution in [0.25, 0.3) is 0 Å². The molecule has 3 rings (SSSR count). The summed E-state index contributed by atoms with van der Waals surface area (Å²) in [5.41, 5.74) is 0. The molecule has 3 heterocycles. The van der Waals surface area contributed by atoms with Crippen LogP contribution in [0.4, 0.5) is 19.0 Å². The minimum Gasteiger partial charge on any atom is -0.351 e. The van der Waals surface area contributed by atoms with Gasteiger partial charge in [0.15, 0.2) is 0 Å². The van der Waals surface area contributed by atoms with Crippen LogP contribution in [0.3, 0.4) is 0 Å². The molecule has 2 unspecified atom stereocenters. The molecule has 2 fully saturated rings. The fraction of sp³-hybridized carbons (Fsp3) is 0.692. The van der Waals surface area contributed by atoms with Gasteiger partial charge in [0.2, 0.25) is 5.82 Å². The highest BCUT2D eigenvalue weighted by Gasteiger charge is 2.38. The highest BCUT2D eigenvalue weighted by molar-refractivity contribution is 6.29. The number of anilines is 1. The van der Waals surface area contributed by atoms with Gasteiger partial charge in [0.25, 0.3) is 0 Å². The Hall–Kier alpha value is -1.08. The number of aromatic nitrogens is 2. The fourth-order valence-corrected chi connectivity index (χ4v) is 3.36. The predicted molar refractivity (Wildman–Crippen MR) is 73.4 cm³/mol. The second-order valence-electron chi connectivity index (χ2n) is 5.66. The number of rotatable bonds is 1. The molecule has 0 aliphatic carbocycles. The van der Waals surface area contributed by atoms with Crippen LogP contribution in [0.2, 0.25) is 5.15 Å². The lowest BCUT2D eigenvalue weighted by molar-refractivity contribution is -0.144. The lowest BCUT2D eigenvalue weighted by Crippen LogP contribution is -2.55. The largest absolute Gasteiger partial charge is 0.451 e. The van der Waals surface area contributed by atoms with Gasteiger partial charge in [0.1, 0.15) is 11.0 Å². The predicted octanol–water partition coefficient (Wildman–Crippen LogP) is 2.82. The van der Waals surface area contributed by atoms with Crippen LogP contribution >= 0.6 is 11.6 Å². The quantitative estimate of drug-likeness (QED) is 0.745. The van der Waals surface area contributed by atoms with Crippen molar-refractivity contribution in [2.24, 2.45) is 0 Å². The number of nitrogens with zero attached hydrogens (tertiary/aromatic N) is 4. The Balaban J connectivity index is 1.90. The summed E-state index contributed by atoms with van der Waals surface area (Å²) in [5, 5.41) is -0.173. The van der Waals surface area contributed by atoms with Crippen LogP contribution in [0.5, 0.6) is 0 Å². The maximum Gasteiger partial charge on any atom is 0.451 e. The molecule has 0 aromatic carbocycles. The van der Waals surface area contributed by atoms with E-state index in [1.165, 1.54) is 6.07 Å². The standard InChI is InChI=1S/C13H16ClF3N4/c1-8-6-20-4-2-3-9(20)7-21(8)11-5-10(14)18-12(19-11)13(15,16)17/h5,8-9H,2-4,6-7H2,1H3. The van der Waals surface area contributed by atoms with Crippen molar-refractivity contribution in [1.82, 2.24) is 14.9 Å². The molecule has 0 N–H and O–H groups in total. The Morgan fingerprint density at radius 1 is 1.29 bits per heavy atom. The van der Waals surface area contributed by atoms with Crippen molar-refractivity contribution in [1.29, 1.82) is 0 Å². The molecular formula is C13H16ClF3N4. The van der Waals surface area contributed by atoms with Crippen molar-refractivity contribution < 1.29 is 13.2 Å². The first-order valence-electron chi connectivity index (χ1n) is 6.97. The average Bonchev–Trinajstić information content (AvgIpc) is 2.83. The maximum absolute atomic E-state index is 12.8. The summed E-state index contributed by atoms with van der Waals surface area (Å²) in [7, 11) is 0. The van der Waals surface area contributed by atoms with Gasteiger partial charge in [-0.15, -0.1) is 0 Å². The van der Waals surface area contributed by atoms with E-state index in [9.17, 15) is 13.2 Å². The summed E-state index contributed by atoms with van der Waals surface area (Å²) in [6, 6.07) is 1.91. The van der Waals surface area contributed by atoms with E-state index in [0.717, 1.165) is 25.9 Å². The number of alkyl halides is 3. The average molecular weight is 321 g/mol. The highest BCUT2D eigenvalue weighted by atomic mass is 35.5. The Labute approximate surface area is 125 Å². The van der Waals surface area contributed by atoms with E-state index in [1.54, 1.807) is 0 Å². The molecule has 0 bridgehead atoms. The van der Waals surface area contributed by atoms with Crippen molar-refractivity contribution in [2.45, 2.75) is 38.0 Å². The Bertz CT molecular complexity index is 537. The molecule has 21 heavy (non-hydrogen) atoms. The van der Waals surface area contributed by atoms with E-state index in [0.29, 0.717) is 12.6 Å². The van der Waals surface area contributed by atoms with Crippen LogP contribution in [0.1, 0.15) is 25.6 Å². The highest BCUT2D eigenvalue weighted by Crippen LogP contribution is 2.32. The second kappa shape index (κ2) is 5.28. The number of hydrogen-bond acceptors (Lipinski definition) is 4. The summed E-state index contributed by atoms with van der Waals surface area (Å²) in [6.45, 7) is 4.60. The zero-order valence-electron chi connectivity index (χ0n) is 11.6. The molecule has 0 saturated carbocycles. The first kappa shape index (κ1) is 14.8. The normalized spacial score (nSPS) is 27.0. The van der Waals surface area contributed by atoms with E-state index in [2.05, 4.69) is 14.9 Å². The van der Waals surface area contributed by atoms with Gasteiger partial charge in [0, 0.05) is 31.2 Å². The lowest BCUT2D eigenvalue weighted by Gasteiger charge is -2.43. The van der Waals surface area contributed by atoms with Gasteiger partial charge in [-0.2, -0.15) is 13.2 Å². The summed E-state index contributed by atoms with van der Waals surface area (Å²) in [4.78, 5) is 11.3. The topological polar surface area (TPSA) is 32.3 Å². The molecule has 4 nitrogen and oxygen atoms in total. The van der Waals surface area contributed by atoms with Crippen LogP contribution in [0.15, 0.2) is 6.07 Å². The monoisotopic (exact) mass is 320 g/mol. The van der Waals surface area contributed by atoms with Crippen LogP contribution in [-0.2, 0) is 6.18 Å². The maximum atomic E-state index is 12.8. The lowest BCUT2D eigenvalue weighted by atomic mass is 10.1. The third-order valence-electron chi connectivity index (χ3n) is 4.17. The van der Waals surface area contributed by atoms with Crippen molar-refractivity contribution >= 4 is 17.4 Å². The van der Waals surface area contributed by atoms with Gasteiger partial charge < -0.3 is 4.90 Å². The molecule has 2 saturated heterocycles. The fourth-order valence-electron chi connectivity index (χ4n) is 3.19. The van der Waals surface area contributed by atoms with E-state index in [1.807, 2.05) is 11.8 Å². The third-order valence-corrected chi connectivity index (χ3v) is 4.36. The molecule has 2 aliphatic rings. The first-order valence-corrected chi connectivity index (χ1v) is 7.35. The third kappa shape index (κ3) is 2.94. The molecule has 1 aromatic rings. The first-order chi connectivity index (χ1) is 9.84. The number of piperazine rings is 1. The van der Waals surface area contributed by atoms with Gasteiger partial charge in [0.05, 0.1) is 0 Å². The molecule has 0 spiro atoms. The van der Waals surface area contributed by atoms with Crippen LogP contribution < -0.4 is 4.90 Å². The second-order valence-corrected chi connectivity index (χ2v) is 6.05. The summed E-state index contributed by atoms with van der Waals surface area (Å²) in [6.07, 6.45) is -2.37. The SMILES string of the molecule is CC1CN2CCCC2CN1c1cc(Cl)nc(C(F)(F)F)n1. The van der Waals surface area contributed by atoms with Crippen molar-refractivity contribution in [3.05, 3.63) is 17.0 Å². The number of fused-ring (bicyclic) bond motifs is 1.